The van der Waals surface area contributed by atoms with Gasteiger partial charge in [0.25, 0.3) is 0 Å². The summed E-state index contributed by atoms with van der Waals surface area (Å²) in [6.45, 7) is 3.36. The fourth-order valence-electron chi connectivity index (χ4n) is 2.82. The lowest BCUT2D eigenvalue weighted by molar-refractivity contribution is 0.399. The first-order valence-corrected chi connectivity index (χ1v) is 6.63. The van der Waals surface area contributed by atoms with Gasteiger partial charge in [-0.3, -0.25) is 0 Å². The van der Waals surface area contributed by atoms with E-state index in [4.69, 9.17) is 0 Å². The lowest BCUT2D eigenvalue weighted by Gasteiger charge is -2.23. The van der Waals surface area contributed by atoms with Crippen molar-refractivity contribution >= 4 is 10.9 Å². The fourth-order valence-corrected chi connectivity index (χ4v) is 2.82. The van der Waals surface area contributed by atoms with Crippen LogP contribution >= 0.6 is 0 Å². The molecule has 1 aliphatic heterocycles. The van der Waals surface area contributed by atoms with Gasteiger partial charge in [-0.1, -0.05) is 12.5 Å². The van der Waals surface area contributed by atoms with Crippen LogP contribution < -0.4 is 5.32 Å². The van der Waals surface area contributed by atoms with Gasteiger partial charge in [-0.25, -0.2) is 0 Å². The summed E-state index contributed by atoms with van der Waals surface area (Å²) in [4.78, 5) is 3.30. The Morgan fingerprint density at radius 2 is 2.24 bits per heavy atom. The van der Waals surface area contributed by atoms with Gasteiger partial charge in [-0.05, 0) is 56.0 Å². The SMILES string of the molecule is Cc1c[nH]c2ccc(CC3CCCCN3)cc12. The van der Waals surface area contributed by atoms with E-state index in [1.54, 1.807) is 0 Å². The van der Waals surface area contributed by atoms with E-state index in [2.05, 4.69) is 41.6 Å². The van der Waals surface area contributed by atoms with Gasteiger partial charge in [0.15, 0.2) is 0 Å². The first-order chi connectivity index (χ1) is 8.33. The minimum atomic E-state index is 0.681. The molecule has 2 heterocycles. The number of aryl methyl sites for hydroxylation is 1. The van der Waals surface area contributed by atoms with Crippen LogP contribution in [0.25, 0.3) is 10.9 Å². The van der Waals surface area contributed by atoms with Gasteiger partial charge in [0, 0.05) is 23.1 Å². The standard InChI is InChI=1S/C15H20N2/c1-11-10-17-15-6-5-12(9-14(11)15)8-13-4-2-3-7-16-13/h5-6,9-10,13,16-17H,2-4,7-8H2,1H3. The summed E-state index contributed by atoms with van der Waals surface area (Å²) in [5.41, 5.74) is 4.06. The highest BCUT2D eigenvalue weighted by atomic mass is 14.9. The van der Waals surface area contributed by atoms with Gasteiger partial charge in [-0.2, -0.15) is 0 Å². The van der Waals surface area contributed by atoms with E-state index in [9.17, 15) is 0 Å². The third kappa shape index (κ3) is 2.22. The number of hydrogen-bond donors (Lipinski definition) is 2. The summed E-state index contributed by atoms with van der Waals surface area (Å²) in [6, 6.07) is 7.49. The lowest BCUT2D eigenvalue weighted by Crippen LogP contribution is -2.35. The molecule has 1 saturated heterocycles. The number of aromatic nitrogens is 1. The van der Waals surface area contributed by atoms with Gasteiger partial charge in [0.1, 0.15) is 0 Å². The van der Waals surface area contributed by atoms with Crippen LogP contribution in [-0.4, -0.2) is 17.6 Å². The van der Waals surface area contributed by atoms with Gasteiger partial charge in [-0.15, -0.1) is 0 Å². The van der Waals surface area contributed by atoms with Gasteiger partial charge < -0.3 is 10.3 Å². The molecular formula is C15H20N2. The van der Waals surface area contributed by atoms with E-state index >= 15 is 0 Å². The Kier molecular flexibility index (Phi) is 2.89. The van der Waals surface area contributed by atoms with Crippen LogP contribution in [0, 0.1) is 6.92 Å². The molecule has 1 aromatic heterocycles. The van der Waals surface area contributed by atoms with Crippen molar-refractivity contribution in [1.29, 1.82) is 0 Å². The van der Waals surface area contributed by atoms with Gasteiger partial charge in [0.05, 0.1) is 0 Å². The Hall–Kier alpha value is -1.28. The molecule has 90 valence electrons. The summed E-state index contributed by atoms with van der Waals surface area (Å²) in [5.74, 6) is 0. The second-order valence-corrected chi connectivity index (χ2v) is 5.20. The third-order valence-corrected chi connectivity index (χ3v) is 3.85. The molecule has 0 saturated carbocycles. The molecule has 0 radical (unpaired) electrons. The second-order valence-electron chi connectivity index (χ2n) is 5.20. The zero-order chi connectivity index (χ0) is 11.7. The first-order valence-electron chi connectivity index (χ1n) is 6.63. The molecule has 2 heteroatoms. The second kappa shape index (κ2) is 4.53. The fraction of sp³-hybridized carbons (Fsp3) is 0.467. The Morgan fingerprint density at radius 1 is 1.29 bits per heavy atom. The number of H-pyrrole nitrogens is 1. The summed E-state index contributed by atoms with van der Waals surface area (Å²) in [5, 5.41) is 4.99. The predicted molar refractivity (Wildman–Crippen MR) is 72.4 cm³/mol. The molecule has 0 spiro atoms. The normalized spacial score (nSPS) is 20.9. The average molecular weight is 228 g/mol. The Labute approximate surface area is 102 Å². The van der Waals surface area contributed by atoms with Crippen molar-refractivity contribution < 1.29 is 0 Å². The monoisotopic (exact) mass is 228 g/mol. The molecule has 2 aromatic rings. The van der Waals surface area contributed by atoms with Crippen molar-refractivity contribution in [1.82, 2.24) is 10.3 Å². The third-order valence-electron chi connectivity index (χ3n) is 3.85. The Morgan fingerprint density at radius 3 is 3.06 bits per heavy atom. The number of aromatic amines is 1. The van der Waals surface area contributed by atoms with Crippen molar-refractivity contribution in [2.45, 2.75) is 38.6 Å². The van der Waals surface area contributed by atoms with Crippen LogP contribution in [0.1, 0.15) is 30.4 Å². The van der Waals surface area contributed by atoms with Crippen LogP contribution in [0.4, 0.5) is 0 Å². The molecule has 2 nitrogen and oxygen atoms in total. The summed E-state index contributed by atoms with van der Waals surface area (Å²) >= 11 is 0. The average Bonchev–Trinajstić information content (AvgIpc) is 2.73. The molecule has 1 aromatic carbocycles. The Balaban J connectivity index is 1.82. The quantitative estimate of drug-likeness (QED) is 0.812. The molecule has 0 bridgehead atoms. The molecule has 1 unspecified atom stereocenters. The lowest BCUT2D eigenvalue weighted by atomic mass is 9.97. The van der Waals surface area contributed by atoms with E-state index < -0.39 is 0 Å². The number of hydrogen-bond acceptors (Lipinski definition) is 1. The molecular weight excluding hydrogens is 208 g/mol. The molecule has 0 amide bonds. The van der Waals surface area contributed by atoms with E-state index in [1.807, 2.05) is 0 Å². The maximum absolute atomic E-state index is 3.62. The molecule has 17 heavy (non-hydrogen) atoms. The Bertz CT molecular complexity index is 507. The number of benzene rings is 1. The number of piperidine rings is 1. The van der Waals surface area contributed by atoms with Crippen LogP contribution in [0.2, 0.25) is 0 Å². The molecule has 3 rings (SSSR count). The van der Waals surface area contributed by atoms with Crippen LogP contribution in [0.5, 0.6) is 0 Å². The van der Waals surface area contributed by atoms with Crippen LogP contribution in [0.3, 0.4) is 0 Å². The number of fused-ring (bicyclic) bond motifs is 1. The zero-order valence-electron chi connectivity index (χ0n) is 10.4. The minimum Gasteiger partial charge on any atom is -0.361 e. The molecule has 1 atom stereocenters. The zero-order valence-corrected chi connectivity index (χ0v) is 10.4. The summed E-state index contributed by atoms with van der Waals surface area (Å²) < 4.78 is 0. The molecule has 1 fully saturated rings. The van der Waals surface area contributed by atoms with Crippen molar-refractivity contribution in [3.63, 3.8) is 0 Å². The minimum absolute atomic E-state index is 0.681. The van der Waals surface area contributed by atoms with E-state index in [-0.39, 0.29) is 0 Å². The largest absolute Gasteiger partial charge is 0.361 e. The highest BCUT2D eigenvalue weighted by Crippen LogP contribution is 2.21. The van der Waals surface area contributed by atoms with Crippen molar-refractivity contribution in [3.8, 4) is 0 Å². The number of rotatable bonds is 2. The van der Waals surface area contributed by atoms with Crippen molar-refractivity contribution in [2.75, 3.05) is 6.54 Å². The molecule has 1 aliphatic rings. The maximum Gasteiger partial charge on any atom is 0.0456 e. The predicted octanol–water partition coefficient (Wildman–Crippen LogP) is 3.16. The first kappa shape index (κ1) is 10.8. The van der Waals surface area contributed by atoms with Gasteiger partial charge in [0.2, 0.25) is 0 Å². The van der Waals surface area contributed by atoms with Crippen LogP contribution in [0.15, 0.2) is 24.4 Å². The highest BCUT2D eigenvalue weighted by molar-refractivity contribution is 5.83. The molecule has 0 aliphatic carbocycles. The number of nitrogens with one attached hydrogen (secondary N) is 2. The highest BCUT2D eigenvalue weighted by Gasteiger charge is 2.13. The smallest absolute Gasteiger partial charge is 0.0456 e. The summed E-state index contributed by atoms with van der Waals surface area (Å²) in [7, 11) is 0. The topological polar surface area (TPSA) is 27.8 Å². The summed E-state index contributed by atoms with van der Waals surface area (Å²) in [6.07, 6.45) is 7.30. The van der Waals surface area contributed by atoms with E-state index in [0.717, 1.165) is 0 Å². The van der Waals surface area contributed by atoms with Gasteiger partial charge >= 0.3 is 0 Å². The van der Waals surface area contributed by atoms with Crippen LogP contribution in [-0.2, 0) is 6.42 Å². The molecule has 2 N–H and O–H groups in total. The maximum atomic E-state index is 3.62. The van der Waals surface area contributed by atoms with Crippen molar-refractivity contribution in [2.24, 2.45) is 0 Å². The van der Waals surface area contributed by atoms with E-state index in [1.165, 1.54) is 54.3 Å². The van der Waals surface area contributed by atoms with E-state index in [0.29, 0.717) is 6.04 Å². The van der Waals surface area contributed by atoms with Crippen molar-refractivity contribution in [3.05, 3.63) is 35.5 Å².